The second-order valence-corrected chi connectivity index (χ2v) is 0.761. The summed E-state index contributed by atoms with van der Waals surface area (Å²) in [6.45, 7) is 6.00. The summed E-state index contributed by atoms with van der Waals surface area (Å²) >= 11 is 0. The van der Waals surface area contributed by atoms with Crippen molar-refractivity contribution in [2.75, 3.05) is 0 Å². The molecule has 1 rings (SSSR count). The van der Waals surface area contributed by atoms with Crippen molar-refractivity contribution >= 4 is 29.6 Å². The summed E-state index contributed by atoms with van der Waals surface area (Å²) in [6, 6.07) is 0. The summed E-state index contributed by atoms with van der Waals surface area (Å²) in [4.78, 5) is 6.42. The topological polar surface area (TPSA) is 28.7 Å². The molecule has 1 N–H and O–H groups in total. The Bertz CT molecular complexity index is 77.3. The van der Waals surface area contributed by atoms with Crippen molar-refractivity contribution in [2.45, 2.75) is 0 Å². The number of hydrogen-bond acceptors (Lipinski definition) is 1. The van der Waals surface area contributed by atoms with Gasteiger partial charge in [0.25, 0.3) is 0 Å². The molecule has 1 aromatic rings. The molecule has 0 bridgehead atoms. The monoisotopic (exact) mass is 120 g/mol. The second-order valence-electron chi connectivity index (χ2n) is 0.761. The summed E-state index contributed by atoms with van der Waals surface area (Å²) in [5, 5.41) is 0. The molecule has 0 aliphatic carbocycles. The van der Waals surface area contributed by atoms with Crippen LogP contribution < -0.4 is 0 Å². The summed E-state index contributed by atoms with van der Waals surface area (Å²) in [7, 11) is 0. The number of aromatic nitrogens is 2. The molecule has 3 heteroatoms. The van der Waals surface area contributed by atoms with Crippen LogP contribution in [0.2, 0.25) is 0 Å². The molecule has 0 saturated heterocycles. The van der Waals surface area contributed by atoms with E-state index >= 15 is 0 Å². The van der Waals surface area contributed by atoms with Crippen molar-refractivity contribution in [2.24, 2.45) is 0 Å². The molecule has 0 unspecified atom stereocenters. The Balaban J connectivity index is 0. The number of nitrogens with one attached hydrogen (secondary N) is 1. The summed E-state index contributed by atoms with van der Waals surface area (Å²) < 4.78 is 0. The Morgan fingerprint density at radius 2 is 2.00 bits per heavy atom. The van der Waals surface area contributed by atoms with Crippen LogP contribution in [0, 0.1) is 0 Å². The van der Waals surface area contributed by atoms with Crippen LogP contribution in [0.15, 0.2) is 31.9 Å². The largest absolute Gasteiger partial charge is 0.351 e. The van der Waals surface area contributed by atoms with E-state index in [2.05, 4.69) is 23.1 Å². The van der Waals surface area contributed by atoms with Gasteiger partial charge in [-0.15, -0.1) is 13.2 Å². The first kappa shape index (κ1) is 10.8. The number of aromatic amines is 1. The third kappa shape index (κ3) is 5.95. The van der Waals surface area contributed by atoms with Crippen LogP contribution in [0.25, 0.3) is 0 Å². The van der Waals surface area contributed by atoms with Crippen LogP contribution in [-0.2, 0) is 0 Å². The molecule has 0 amide bonds. The number of H-pyrrole nitrogens is 1. The molecule has 0 atom stereocenters. The second kappa shape index (κ2) is 10.0. The molecule has 8 heavy (non-hydrogen) atoms. The van der Waals surface area contributed by atoms with E-state index in [-0.39, 0.29) is 29.6 Å². The molecule has 0 saturated carbocycles. The Morgan fingerprint density at radius 1 is 1.38 bits per heavy atom. The van der Waals surface area contributed by atoms with Gasteiger partial charge in [-0.3, -0.25) is 0 Å². The minimum atomic E-state index is 0. The quantitative estimate of drug-likeness (QED) is 0.393. The van der Waals surface area contributed by atoms with Crippen molar-refractivity contribution in [3.63, 3.8) is 0 Å². The van der Waals surface area contributed by atoms with E-state index in [1.807, 2.05) is 0 Å². The Kier molecular flexibility index (Phi) is 13.6. The summed E-state index contributed by atoms with van der Waals surface area (Å²) in [6.07, 6.45) is 5.08. The Morgan fingerprint density at radius 3 is 2.12 bits per heavy atom. The molecule has 1 heterocycles. The predicted molar refractivity (Wildman–Crippen MR) is 37.0 cm³/mol. The van der Waals surface area contributed by atoms with Gasteiger partial charge in [-0.2, -0.15) is 0 Å². The number of hydrogen-bond donors (Lipinski definition) is 1. The maximum atomic E-state index is 3.67. The van der Waals surface area contributed by atoms with E-state index < -0.39 is 0 Å². The molecule has 2 nitrogen and oxygen atoms in total. The first-order chi connectivity index (χ1) is 3.50. The standard InChI is InChI=1S/C3H4N2.C2H4.Na.H/c1-2-5-3-4-1;1-2;;/h1-3H,(H,4,5);1-2H2;;. The molecule has 0 radical (unpaired) electrons. The zero-order valence-electron chi connectivity index (χ0n) is 4.09. The summed E-state index contributed by atoms with van der Waals surface area (Å²) in [5.74, 6) is 0. The van der Waals surface area contributed by atoms with Gasteiger partial charge in [0.05, 0.1) is 6.33 Å². The van der Waals surface area contributed by atoms with E-state index in [0.29, 0.717) is 0 Å². The Labute approximate surface area is 71.3 Å². The van der Waals surface area contributed by atoms with Crippen LogP contribution in [0.5, 0.6) is 0 Å². The van der Waals surface area contributed by atoms with Crippen molar-refractivity contribution in [3.05, 3.63) is 31.9 Å². The van der Waals surface area contributed by atoms with Crippen LogP contribution in [0.1, 0.15) is 0 Å². The van der Waals surface area contributed by atoms with Crippen molar-refractivity contribution < 1.29 is 0 Å². The maximum absolute atomic E-state index is 3.67. The molecule has 0 spiro atoms. The van der Waals surface area contributed by atoms with E-state index in [1.54, 1.807) is 18.7 Å². The Hall–Kier alpha value is -0.0500. The molecular formula is C5H9N2Na. The van der Waals surface area contributed by atoms with E-state index in [9.17, 15) is 0 Å². The van der Waals surface area contributed by atoms with Crippen LogP contribution >= 0.6 is 0 Å². The first-order valence-electron chi connectivity index (χ1n) is 1.93. The fourth-order valence-electron chi connectivity index (χ4n) is 0.215. The van der Waals surface area contributed by atoms with Crippen LogP contribution in [-0.4, -0.2) is 39.5 Å². The SMILES string of the molecule is C=C.[NaH].c1c[nH]cn1. The fraction of sp³-hybridized carbons (Fsp3) is 0. The summed E-state index contributed by atoms with van der Waals surface area (Å²) in [5.41, 5.74) is 0. The third-order valence-corrected chi connectivity index (χ3v) is 0.406. The number of rotatable bonds is 0. The normalized spacial score (nSPS) is 5.50. The maximum Gasteiger partial charge on any atom is 0.0919 e. The van der Waals surface area contributed by atoms with Gasteiger partial charge in [0.1, 0.15) is 0 Å². The molecule has 1 aromatic heterocycles. The van der Waals surface area contributed by atoms with Gasteiger partial charge in [0, 0.05) is 12.4 Å². The van der Waals surface area contributed by atoms with Gasteiger partial charge in [-0.1, -0.05) is 0 Å². The van der Waals surface area contributed by atoms with Gasteiger partial charge in [0.15, 0.2) is 0 Å². The average Bonchev–Trinajstić information content (AvgIpc) is 2.23. The predicted octanol–water partition coefficient (Wildman–Crippen LogP) is 0.563. The first-order valence-corrected chi connectivity index (χ1v) is 1.93. The van der Waals surface area contributed by atoms with Crippen LogP contribution in [0.3, 0.4) is 0 Å². The van der Waals surface area contributed by atoms with Crippen molar-refractivity contribution in [1.29, 1.82) is 0 Å². The molecule has 0 aliphatic rings. The van der Waals surface area contributed by atoms with Gasteiger partial charge in [-0.05, 0) is 0 Å². The minimum absolute atomic E-state index is 0. The van der Waals surface area contributed by atoms with Gasteiger partial charge >= 0.3 is 29.6 Å². The zero-order chi connectivity index (χ0) is 5.54. The van der Waals surface area contributed by atoms with Crippen molar-refractivity contribution in [1.82, 2.24) is 9.97 Å². The fourth-order valence-corrected chi connectivity index (χ4v) is 0.215. The average molecular weight is 120 g/mol. The van der Waals surface area contributed by atoms with E-state index in [0.717, 1.165) is 0 Å². The smallest absolute Gasteiger partial charge is 0.0919 e. The molecular weight excluding hydrogens is 111 g/mol. The number of imidazole rings is 1. The molecule has 0 fully saturated rings. The van der Waals surface area contributed by atoms with Gasteiger partial charge in [0.2, 0.25) is 0 Å². The van der Waals surface area contributed by atoms with Crippen LogP contribution in [0.4, 0.5) is 0 Å². The van der Waals surface area contributed by atoms with Gasteiger partial charge in [-0.25, -0.2) is 4.98 Å². The minimum Gasteiger partial charge on any atom is -0.351 e. The molecule has 0 aliphatic heterocycles. The van der Waals surface area contributed by atoms with Crippen molar-refractivity contribution in [3.8, 4) is 0 Å². The third-order valence-electron chi connectivity index (χ3n) is 0.406. The zero-order valence-corrected chi connectivity index (χ0v) is 4.09. The van der Waals surface area contributed by atoms with Gasteiger partial charge < -0.3 is 4.98 Å². The van der Waals surface area contributed by atoms with E-state index in [1.165, 1.54) is 0 Å². The van der Waals surface area contributed by atoms with E-state index in [4.69, 9.17) is 0 Å². The molecule has 0 aromatic carbocycles. The molecule has 40 valence electrons. The number of nitrogens with zero attached hydrogens (tertiary/aromatic N) is 1.